The maximum Gasteiger partial charge on any atom is 0.314 e. The highest BCUT2D eigenvalue weighted by atomic mass is 16.6. The average molecular weight is 371 g/mol. The maximum absolute atomic E-state index is 12.6. The molecule has 2 aliphatic heterocycles. The van der Waals surface area contributed by atoms with Gasteiger partial charge >= 0.3 is 11.9 Å². The topological polar surface area (TPSA) is 102 Å². The quantitative estimate of drug-likeness (QED) is 0.724. The third-order valence-electron chi connectivity index (χ3n) is 4.62. The Bertz CT molecular complexity index is 556. The van der Waals surface area contributed by atoms with E-state index in [-0.39, 0.29) is 25.0 Å². The first kappa shape index (κ1) is 20.6. The van der Waals surface area contributed by atoms with E-state index < -0.39 is 41.7 Å². The molecule has 8 nitrogen and oxygen atoms in total. The Morgan fingerprint density at radius 2 is 1.96 bits per heavy atom. The standard InChI is InChI=1S/C18H29NO7/c1-10(20)19-7-6-14(26-18(3,4)5)16(19)15-13(22)8-12(25-17(15)23)9-24-11(2)21/h12-16,22H,6-9H2,1-5H3/t12-,13+,14-,15-,16+/m0/s1. The number of aliphatic hydroxyl groups excluding tert-OH is 1. The van der Waals surface area contributed by atoms with Crippen molar-refractivity contribution in [1.29, 1.82) is 0 Å². The number of likely N-dealkylation sites (tertiary alicyclic amines) is 1. The highest BCUT2D eigenvalue weighted by Crippen LogP contribution is 2.35. The lowest BCUT2D eigenvalue weighted by Crippen LogP contribution is -2.56. The molecule has 2 aliphatic rings. The van der Waals surface area contributed by atoms with Gasteiger partial charge in [0.25, 0.3) is 0 Å². The molecule has 2 heterocycles. The van der Waals surface area contributed by atoms with E-state index in [1.165, 1.54) is 13.8 Å². The third-order valence-corrected chi connectivity index (χ3v) is 4.62. The van der Waals surface area contributed by atoms with Crippen molar-refractivity contribution in [2.75, 3.05) is 13.2 Å². The summed E-state index contributed by atoms with van der Waals surface area (Å²) in [6.45, 7) is 8.81. The Labute approximate surface area is 153 Å². The van der Waals surface area contributed by atoms with Gasteiger partial charge in [0.1, 0.15) is 18.6 Å². The molecule has 0 radical (unpaired) electrons. The molecule has 1 amide bonds. The summed E-state index contributed by atoms with van der Waals surface area (Å²) in [5.41, 5.74) is -0.447. The summed E-state index contributed by atoms with van der Waals surface area (Å²) in [6, 6.07) is -0.580. The van der Waals surface area contributed by atoms with Crippen LogP contribution in [0.15, 0.2) is 0 Å². The lowest BCUT2D eigenvalue weighted by atomic mass is 9.85. The summed E-state index contributed by atoms with van der Waals surface area (Å²) >= 11 is 0. The summed E-state index contributed by atoms with van der Waals surface area (Å²) in [4.78, 5) is 37.2. The zero-order valence-electron chi connectivity index (χ0n) is 16.1. The van der Waals surface area contributed by atoms with Gasteiger partial charge in [0.2, 0.25) is 5.91 Å². The van der Waals surface area contributed by atoms with Crippen LogP contribution in [-0.4, -0.2) is 71.0 Å². The van der Waals surface area contributed by atoms with Crippen molar-refractivity contribution in [3.8, 4) is 0 Å². The zero-order chi connectivity index (χ0) is 19.6. The first-order valence-electron chi connectivity index (χ1n) is 8.96. The van der Waals surface area contributed by atoms with Crippen molar-refractivity contribution in [2.45, 2.75) is 77.4 Å². The second-order valence-corrected chi connectivity index (χ2v) is 7.95. The normalized spacial score (nSPS) is 32.3. The van der Waals surface area contributed by atoms with Crippen LogP contribution in [-0.2, 0) is 28.6 Å². The van der Waals surface area contributed by atoms with Crippen LogP contribution in [0.25, 0.3) is 0 Å². The Kier molecular flexibility index (Phi) is 6.29. The van der Waals surface area contributed by atoms with Crippen LogP contribution >= 0.6 is 0 Å². The van der Waals surface area contributed by atoms with Crippen LogP contribution < -0.4 is 0 Å². The number of nitrogens with zero attached hydrogens (tertiary/aromatic N) is 1. The van der Waals surface area contributed by atoms with Gasteiger partial charge in [-0.25, -0.2) is 0 Å². The van der Waals surface area contributed by atoms with Crippen molar-refractivity contribution in [1.82, 2.24) is 4.90 Å². The van der Waals surface area contributed by atoms with Crippen molar-refractivity contribution in [3.63, 3.8) is 0 Å². The lowest BCUT2D eigenvalue weighted by Gasteiger charge is -2.41. The third kappa shape index (κ3) is 4.94. The van der Waals surface area contributed by atoms with E-state index in [4.69, 9.17) is 14.2 Å². The molecule has 0 aromatic heterocycles. The molecule has 2 rings (SSSR count). The monoisotopic (exact) mass is 371 g/mol. The molecule has 0 aliphatic carbocycles. The second kappa shape index (κ2) is 7.92. The van der Waals surface area contributed by atoms with Gasteiger partial charge in [0, 0.05) is 26.8 Å². The number of aliphatic hydroxyl groups is 1. The molecule has 0 saturated carbocycles. The number of esters is 2. The van der Waals surface area contributed by atoms with Gasteiger partial charge in [-0.15, -0.1) is 0 Å². The van der Waals surface area contributed by atoms with E-state index in [0.717, 1.165) is 0 Å². The minimum Gasteiger partial charge on any atom is -0.462 e. The number of carbonyl (C=O) groups excluding carboxylic acids is 3. The van der Waals surface area contributed by atoms with E-state index >= 15 is 0 Å². The molecule has 26 heavy (non-hydrogen) atoms. The van der Waals surface area contributed by atoms with Gasteiger partial charge in [0.05, 0.1) is 23.9 Å². The minimum atomic E-state index is -1.01. The first-order chi connectivity index (χ1) is 12.0. The SMILES string of the molecule is CC(=O)OC[C@@H]1C[C@@H](O)[C@@H]([C@H]2[C@@H](OC(C)(C)C)CCN2C(C)=O)C(=O)O1. The fourth-order valence-electron chi connectivity index (χ4n) is 3.71. The molecule has 5 atom stereocenters. The summed E-state index contributed by atoms with van der Waals surface area (Å²) in [7, 11) is 0. The number of rotatable bonds is 4. The number of hydrogen-bond acceptors (Lipinski definition) is 7. The molecule has 0 unspecified atom stereocenters. The van der Waals surface area contributed by atoms with Gasteiger partial charge in [-0.2, -0.15) is 0 Å². The fraction of sp³-hybridized carbons (Fsp3) is 0.833. The van der Waals surface area contributed by atoms with Crippen molar-refractivity contribution >= 4 is 17.8 Å². The molecular formula is C18H29NO7. The molecule has 0 aromatic carbocycles. The molecule has 2 saturated heterocycles. The number of hydrogen-bond donors (Lipinski definition) is 1. The van der Waals surface area contributed by atoms with Gasteiger partial charge in [-0.3, -0.25) is 14.4 Å². The molecule has 2 fully saturated rings. The highest BCUT2D eigenvalue weighted by Gasteiger charge is 2.51. The van der Waals surface area contributed by atoms with Crippen LogP contribution in [0, 0.1) is 5.92 Å². The van der Waals surface area contributed by atoms with E-state index in [9.17, 15) is 19.5 Å². The minimum absolute atomic E-state index is 0.0894. The predicted molar refractivity (Wildman–Crippen MR) is 91.0 cm³/mol. The van der Waals surface area contributed by atoms with Crippen LogP contribution in [0.3, 0.4) is 0 Å². The molecule has 0 bridgehead atoms. The Hall–Kier alpha value is -1.67. The van der Waals surface area contributed by atoms with E-state index in [1.54, 1.807) is 4.90 Å². The number of cyclic esters (lactones) is 1. The van der Waals surface area contributed by atoms with Gasteiger partial charge in [-0.05, 0) is 27.2 Å². The fourth-order valence-corrected chi connectivity index (χ4v) is 3.71. The largest absolute Gasteiger partial charge is 0.462 e. The van der Waals surface area contributed by atoms with E-state index in [1.807, 2.05) is 20.8 Å². The number of amides is 1. The molecular weight excluding hydrogens is 342 g/mol. The summed E-state index contributed by atoms with van der Waals surface area (Å²) in [6.07, 6.45) is -1.32. The summed E-state index contributed by atoms with van der Waals surface area (Å²) < 4.78 is 16.3. The maximum atomic E-state index is 12.6. The Morgan fingerprint density at radius 1 is 1.31 bits per heavy atom. The van der Waals surface area contributed by atoms with Gasteiger partial charge in [0.15, 0.2) is 0 Å². The predicted octanol–water partition coefficient (Wildman–Crippen LogP) is 0.647. The summed E-state index contributed by atoms with van der Waals surface area (Å²) in [5.74, 6) is -2.13. The summed E-state index contributed by atoms with van der Waals surface area (Å²) in [5, 5.41) is 10.6. The first-order valence-corrected chi connectivity index (χ1v) is 8.96. The van der Waals surface area contributed by atoms with Crippen molar-refractivity contribution in [2.24, 2.45) is 5.92 Å². The molecule has 0 spiro atoms. The highest BCUT2D eigenvalue weighted by molar-refractivity contribution is 5.79. The number of carbonyl (C=O) groups is 3. The van der Waals surface area contributed by atoms with E-state index in [0.29, 0.717) is 13.0 Å². The van der Waals surface area contributed by atoms with E-state index in [2.05, 4.69) is 0 Å². The average Bonchev–Trinajstić information content (AvgIpc) is 2.86. The molecule has 0 aromatic rings. The lowest BCUT2D eigenvalue weighted by molar-refractivity contribution is -0.186. The van der Waals surface area contributed by atoms with Crippen molar-refractivity contribution in [3.05, 3.63) is 0 Å². The van der Waals surface area contributed by atoms with Crippen LogP contribution in [0.1, 0.15) is 47.5 Å². The van der Waals surface area contributed by atoms with Crippen LogP contribution in [0.2, 0.25) is 0 Å². The van der Waals surface area contributed by atoms with Gasteiger partial charge < -0.3 is 24.2 Å². The Morgan fingerprint density at radius 3 is 2.46 bits per heavy atom. The van der Waals surface area contributed by atoms with Crippen LogP contribution in [0.4, 0.5) is 0 Å². The molecule has 1 N–H and O–H groups in total. The second-order valence-electron chi connectivity index (χ2n) is 7.95. The van der Waals surface area contributed by atoms with Gasteiger partial charge in [-0.1, -0.05) is 0 Å². The smallest absolute Gasteiger partial charge is 0.314 e. The number of ether oxygens (including phenoxy) is 3. The van der Waals surface area contributed by atoms with Crippen LogP contribution in [0.5, 0.6) is 0 Å². The molecule has 148 valence electrons. The Balaban J connectivity index is 2.17. The van der Waals surface area contributed by atoms with Crippen molar-refractivity contribution < 1.29 is 33.7 Å². The zero-order valence-corrected chi connectivity index (χ0v) is 16.1. The molecule has 8 heteroatoms.